The van der Waals surface area contributed by atoms with Crippen LogP contribution < -0.4 is 5.32 Å². The molecule has 0 atom stereocenters. The first-order chi connectivity index (χ1) is 13.9. The number of nitrogens with zero attached hydrogens (tertiary/aromatic N) is 1. The molecule has 2 aromatic rings. The highest BCUT2D eigenvalue weighted by Gasteiger charge is 2.26. The van der Waals surface area contributed by atoms with Crippen molar-refractivity contribution in [3.8, 4) is 0 Å². The van der Waals surface area contributed by atoms with Crippen LogP contribution in [0.15, 0.2) is 52.3 Å². The third-order valence-electron chi connectivity index (χ3n) is 4.71. The Hall–Kier alpha value is -1.87. The van der Waals surface area contributed by atoms with Gasteiger partial charge in [0.15, 0.2) is 0 Å². The highest BCUT2D eigenvalue weighted by molar-refractivity contribution is 8.00. The van der Waals surface area contributed by atoms with Crippen molar-refractivity contribution < 1.29 is 17.9 Å². The van der Waals surface area contributed by atoms with Crippen LogP contribution in [0.1, 0.15) is 16.7 Å². The van der Waals surface area contributed by atoms with Gasteiger partial charge in [-0.05, 0) is 43.2 Å². The molecule has 1 saturated heterocycles. The number of amides is 1. The maximum Gasteiger partial charge on any atom is 0.243 e. The van der Waals surface area contributed by atoms with E-state index >= 15 is 0 Å². The lowest BCUT2D eigenvalue weighted by atomic mass is 10.2. The number of carbonyl (C=O) groups is 1. The number of hydrogen-bond acceptors (Lipinski definition) is 5. The Kier molecular flexibility index (Phi) is 7.34. The van der Waals surface area contributed by atoms with Crippen LogP contribution in [0.3, 0.4) is 0 Å². The predicted molar refractivity (Wildman–Crippen MR) is 115 cm³/mol. The molecular formula is C21H26N2O4S2. The van der Waals surface area contributed by atoms with E-state index in [1.165, 1.54) is 27.2 Å². The van der Waals surface area contributed by atoms with Gasteiger partial charge in [-0.25, -0.2) is 8.42 Å². The number of morpholine rings is 1. The molecule has 0 bridgehead atoms. The summed E-state index contributed by atoms with van der Waals surface area (Å²) in [6.45, 7) is 6.04. The molecule has 0 radical (unpaired) electrons. The van der Waals surface area contributed by atoms with Gasteiger partial charge in [0.2, 0.25) is 15.9 Å². The number of thioether (sulfide) groups is 1. The van der Waals surface area contributed by atoms with Gasteiger partial charge >= 0.3 is 0 Å². The minimum atomic E-state index is -3.49. The number of hydrogen-bond donors (Lipinski definition) is 1. The highest BCUT2D eigenvalue weighted by Crippen LogP contribution is 2.23. The number of benzene rings is 2. The van der Waals surface area contributed by atoms with E-state index < -0.39 is 10.0 Å². The van der Waals surface area contributed by atoms with Crippen LogP contribution in [-0.4, -0.2) is 50.7 Å². The van der Waals surface area contributed by atoms with Gasteiger partial charge in [0.1, 0.15) is 0 Å². The van der Waals surface area contributed by atoms with Crippen molar-refractivity contribution in [3.63, 3.8) is 0 Å². The van der Waals surface area contributed by atoms with Crippen LogP contribution in [-0.2, 0) is 26.1 Å². The molecule has 1 N–H and O–H groups in total. The van der Waals surface area contributed by atoms with Crippen LogP contribution in [0, 0.1) is 13.8 Å². The maximum absolute atomic E-state index is 12.6. The first kappa shape index (κ1) is 21.8. The molecule has 0 aromatic heterocycles. The summed E-state index contributed by atoms with van der Waals surface area (Å²) in [5.41, 5.74) is 3.23. The van der Waals surface area contributed by atoms with E-state index in [-0.39, 0.29) is 10.8 Å². The second-order valence-electron chi connectivity index (χ2n) is 6.99. The van der Waals surface area contributed by atoms with E-state index in [0.29, 0.717) is 38.6 Å². The van der Waals surface area contributed by atoms with E-state index in [9.17, 15) is 13.2 Å². The summed E-state index contributed by atoms with van der Waals surface area (Å²) in [6, 6.07) is 12.9. The molecule has 8 heteroatoms. The standard InChI is InChI=1S/C21H26N2O4S2/c1-16-3-8-20(17(2)13-16)28-15-21(24)22-14-18-4-6-19(7-5-18)29(25,26)23-9-11-27-12-10-23/h3-8,13H,9-12,14-15H2,1-2H3,(H,22,24). The van der Waals surface area contributed by atoms with E-state index in [2.05, 4.69) is 11.4 Å². The van der Waals surface area contributed by atoms with Gasteiger partial charge in [-0.1, -0.05) is 29.8 Å². The van der Waals surface area contributed by atoms with Gasteiger partial charge < -0.3 is 10.1 Å². The number of nitrogens with one attached hydrogen (secondary N) is 1. The first-order valence-electron chi connectivity index (χ1n) is 9.50. The van der Waals surface area contributed by atoms with E-state index in [1.54, 1.807) is 24.3 Å². The summed E-state index contributed by atoms with van der Waals surface area (Å²) in [6.07, 6.45) is 0. The van der Waals surface area contributed by atoms with Gasteiger partial charge in [0, 0.05) is 24.5 Å². The Balaban J connectivity index is 1.51. The fourth-order valence-electron chi connectivity index (χ4n) is 3.07. The predicted octanol–water partition coefficient (Wildman–Crippen LogP) is 2.73. The van der Waals surface area contributed by atoms with Crippen molar-refractivity contribution in [1.82, 2.24) is 9.62 Å². The third kappa shape index (κ3) is 5.82. The largest absolute Gasteiger partial charge is 0.379 e. The lowest BCUT2D eigenvalue weighted by Crippen LogP contribution is -2.40. The smallest absolute Gasteiger partial charge is 0.243 e. The highest BCUT2D eigenvalue weighted by atomic mass is 32.2. The Morgan fingerprint density at radius 3 is 2.45 bits per heavy atom. The van der Waals surface area contributed by atoms with Gasteiger partial charge in [0.05, 0.1) is 23.9 Å². The monoisotopic (exact) mass is 434 g/mol. The molecule has 0 spiro atoms. The van der Waals surface area contributed by atoms with E-state index in [1.807, 2.05) is 26.0 Å². The van der Waals surface area contributed by atoms with Crippen molar-refractivity contribution in [2.24, 2.45) is 0 Å². The summed E-state index contributed by atoms with van der Waals surface area (Å²) in [4.78, 5) is 13.5. The first-order valence-corrected chi connectivity index (χ1v) is 11.9. The number of sulfonamides is 1. The van der Waals surface area contributed by atoms with E-state index in [4.69, 9.17) is 4.74 Å². The summed E-state index contributed by atoms with van der Waals surface area (Å²) >= 11 is 1.51. The molecule has 6 nitrogen and oxygen atoms in total. The van der Waals surface area contributed by atoms with Gasteiger partial charge in [-0.3, -0.25) is 4.79 Å². The molecule has 1 fully saturated rings. The number of ether oxygens (including phenoxy) is 1. The number of rotatable bonds is 7. The zero-order chi connectivity index (χ0) is 20.9. The van der Waals surface area contributed by atoms with Gasteiger partial charge in [-0.2, -0.15) is 4.31 Å². The molecule has 0 saturated carbocycles. The van der Waals surface area contributed by atoms with Crippen molar-refractivity contribution in [2.45, 2.75) is 30.2 Å². The molecule has 1 aliphatic rings. The summed E-state index contributed by atoms with van der Waals surface area (Å²) in [7, 11) is -3.49. The van der Waals surface area contributed by atoms with Crippen LogP contribution in [0.5, 0.6) is 0 Å². The van der Waals surface area contributed by atoms with Crippen molar-refractivity contribution in [1.29, 1.82) is 0 Å². The second-order valence-corrected chi connectivity index (χ2v) is 9.95. The Labute approximate surface area is 176 Å². The maximum atomic E-state index is 12.6. The van der Waals surface area contributed by atoms with Crippen LogP contribution in [0.4, 0.5) is 0 Å². The summed E-state index contributed by atoms with van der Waals surface area (Å²) < 4.78 is 31.9. The lowest BCUT2D eigenvalue weighted by Gasteiger charge is -2.26. The average Bonchev–Trinajstić information content (AvgIpc) is 2.72. The summed E-state index contributed by atoms with van der Waals surface area (Å²) in [5, 5.41) is 2.89. The van der Waals surface area contributed by atoms with E-state index in [0.717, 1.165) is 10.5 Å². The zero-order valence-corrected chi connectivity index (χ0v) is 18.3. The van der Waals surface area contributed by atoms with Crippen LogP contribution in [0.2, 0.25) is 0 Å². The number of carbonyl (C=O) groups excluding carboxylic acids is 1. The minimum absolute atomic E-state index is 0.0556. The molecule has 1 amide bonds. The molecular weight excluding hydrogens is 408 g/mol. The quantitative estimate of drug-likeness (QED) is 0.678. The SMILES string of the molecule is Cc1ccc(SCC(=O)NCc2ccc(S(=O)(=O)N3CCOCC3)cc2)c(C)c1. The van der Waals surface area contributed by atoms with Crippen molar-refractivity contribution in [3.05, 3.63) is 59.2 Å². The van der Waals surface area contributed by atoms with Gasteiger partial charge in [-0.15, -0.1) is 11.8 Å². The molecule has 156 valence electrons. The van der Waals surface area contributed by atoms with Crippen molar-refractivity contribution >= 4 is 27.7 Å². The molecule has 0 aliphatic carbocycles. The zero-order valence-electron chi connectivity index (χ0n) is 16.7. The molecule has 3 rings (SSSR count). The minimum Gasteiger partial charge on any atom is -0.379 e. The molecule has 1 aliphatic heterocycles. The molecule has 2 aromatic carbocycles. The molecule has 29 heavy (non-hydrogen) atoms. The topological polar surface area (TPSA) is 75.7 Å². The number of aryl methyl sites for hydroxylation is 2. The average molecular weight is 435 g/mol. The Bertz CT molecular complexity index is 953. The Morgan fingerprint density at radius 2 is 1.79 bits per heavy atom. The van der Waals surface area contributed by atoms with Crippen molar-refractivity contribution in [2.75, 3.05) is 32.1 Å². The normalized spacial score (nSPS) is 15.2. The lowest BCUT2D eigenvalue weighted by molar-refractivity contribution is -0.118. The fraction of sp³-hybridized carbons (Fsp3) is 0.381. The molecule has 0 unspecified atom stereocenters. The van der Waals surface area contributed by atoms with Crippen LogP contribution >= 0.6 is 11.8 Å². The van der Waals surface area contributed by atoms with Gasteiger partial charge in [0.25, 0.3) is 0 Å². The fourth-order valence-corrected chi connectivity index (χ4v) is 5.32. The van der Waals surface area contributed by atoms with Crippen LogP contribution in [0.25, 0.3) is 0 Å². The molecule has 1 heterocycles. The third-order valence-corrected chi connectivity index (χ3v) is 7.80. The second kappa shape index (κ2) is 9.75. The summed E-state index contributed by atoms with van der Waals surface area (Å²) in [5.74, 6) is 0.285. The Morgan fingerprint density at radius 1 is 1.10 bits per heavy atom.